The van der Waals surface area contributed by atoms with Gasteiger partial charge in [-0.1, -0.05) is 6.07 Å². The quantitative estimate of drug-likeness (QED) is 0.598. The van der Waals surface area contributed by atoms with Gasteiger partial charge in [-0.25, -0.2) is 18.7 Å². The molecule has 0 saturated carbocycles. The average Bonchev–Trinajstić information content (AvgIpc) is 3.34. The first-order valence-electron chi connectivity index (χ1n) is 10.4. The SMILES string of the molecule is O=C(NCCC(=O)N1CCCC1)c1ccc2cc(Oc3ccc(C(F)F)cn3)ccc2n1. The lowest BCUT2D eigenvalue weighted by Gasteiger charge is -2.15. The Bertz CT molecular complexity index is 1120. The molecule has 2 amide bonds. The van der Waals surface area contributed by atoms with E-state index in [1.807, 2.05) is 4.90 Å². The Morgan fingerprint density at radius 1 is 1.09 bits per heavy atom. The van der Waals surface area contributed by atoms with E-state index < -0.39 is 6.43 Å². The van der Waals surface area contributed by atoms with E-state index in [0.717, 1.165) is 37.5 Å². The molecule has 4 rings (SSSR count). The number of halogens is 2. The normalized spacial score (nSPS) is 13.5. The lowest BCUT2D eigenvalue weighted by molar-refractivity contribution is -0.129. The molecule has 1 fully saturated rings. The van der Waals surface area contributed by atoms with E-state index in [2.05, 4.69) is 15.3 Å². The molecule has 0 aliphatic carbocycles. The largest absolute Gasteiger partial charge is 0.439 e. The second kappa shape index (κ2) is 9.67. The number of likely N-dealkylation sites (tertiary alicyclic amines) is 1. The fraction of sp³-hybridized carbons (Fsp3) is 0.304. The third-order valence-electron chi connectivity index (χ3n) is 5.21. The number of alkyl halides is 2. The Kier molecular flexibility index (Phi) is 6.53. The molecular weight excluding hydrogens is 418 g/mol. The van der Waals surface area contributed by atoms with Crippen LogP contribution in [0.5, 0.6) is 11.6 Å². The summed E-state index contributed by atoms with van der Waals surface area (Å²) < 4.78 is 30.9. The molecule has 166 valence electrons. The summed E-state index contributed by atoms with van der Waals surface area (Å²) in [7, 11) is 0. The Labute approximate surface area is 183 Å². The third-order valence-corrected chi connectivity index (χ3v) is 5.21. The van der Waals surface area contributed by atoms with Crippen LogP contribution in [0.1, 0.15) is 41.7 Å². The number of amides is 2. The van der Waals surface area contributed by atoms with Crippen LogP contribution < -0.4 is 10.1 Å². The summed E-state index contributed by atoms with van der Waals surface area (Å²) in [5.41, 5.74) is 0.675. The monoisotopic (exact) mass is 440 g/mol. The summed E-state index contributed by atoms with van der Waals surface area (Å²) in [6, 6.07) is 11.1. The van der Waals surface area contributed by atoms with Crippen LogP contribution in [0.3, 0.4) is 0 Å². The van der Waals surface area contributed by atoms with Gasteiger partial charge in [0, 0.05) is 49.3 Å². The van der Waals surface area contributed by atoms with Gasteiger partial charge in [-0.15, -0.1) is 0 Å². The lowest BCUT2D eigenvalue weighted by Crippen LogP contribution is -2.32. The van der Waals surface area contributed by atoms with E-state index >= 15 is 0 Å². The highest BCUT2D eigenvalue weighted by atomic mass is 19.3. The van der Waals surface area contributed by atoms with Crippen molar-refractivity contribution >= 4 is 22.7 Å². The first-order chi connectivity index (χ1) is 15.5. The number of fused-ring (bicyclic) bond motifs is 1. The number of nitrogens with zero attached hydrogens (tertiary/aromatic N) is 3. The van der Waals surface area contributed by atoms with Crippen molar-refractivity contribution in [2.75, 3.05) is 19.6 Å². The number of aromatic nitrogens is 2. The van der Waals surface area contributed by atoms with E-state index in [1.165, 1.54) is 12.1 Å². The molecule has 0 spiro atoms. The zero-order chi connectivity index (χ0) is 22.5. The lowest BCUT2D eigenvalue weighted by atomic mass is 10.2. The fourth-order valence-corrected chi connectivity index (χ4v) is 3.49. The molecule has 0 bridgehead atoms. The van der Waals surface area contributed by atoms with Crippen LogP contribution in [0.4, 0.5) is 8.78 Å². The van der Waals surface area contributed by atoms with Crippen molar-refractivity contribution < 1.29 is 23.1 Å². The number of nitrogens with one attached hydrogen (secondary N) is 1. The number of ether oxygens (including phenoxy) is 1. The maximum Gasteiger partial charge on any atom is 0.269 e. The summed E-state index contributed by atoms with van der Waals surface area (Å²) in [4.78, 5) is 34.5. The number of hydrogen-bond donors (Lipinski definition) is 1. The van der Waals surface area contributed by atoms with Gasteiger partial charge in [-0.05, 0) is 43.2 Å². The van der Waals surface area contributed by atoms with Gasteiger partial charge in [-0.3, -0.25) is 9.59 Å². The Morgan fingerprint density at radius 3 is 2.62 bits per heavy atom. The maximum absolute atomic E-state index is 12.6. The molecule has 9 heteroatoms. The van der Waals surface area contributed by atoms with Crippen molar-refractivity contribution in [3.05, 3.63) is 59.9 Å². The standard InChI is InChI=1S/C23H22F2N4O3/c24-22(25)16-4-8-20(27-14-16)32-17-5-7-18-15(13-17)3-6-19(28-18)23(31)26-10-9-21(30)29-11-1-2-12-29/h3-8,13-14,22H,1-2,9-12H2,(H,26,31). The minimum Gasteiger partial charge on any atom is -0.439 e. The first kappa shape index (κ1) is 21.6. The number of carbonyl (C=O) groups excluding carboxylic acids is 2. The molecule has 1 saturated heterocycles. The van der Waals surface area contributed by atoms with Crippen molar-refractivity contribution in [1.82, 2.24) is 20.2 Å². The number of hydrogen-bond acceptors (Lipinski definition) is 5. The predicted molar refractivity (Wildman–Crippen MR) is 114 cm³/mol. The van der Waals surface area contributed by atoms with Crippen LogP contribution in [0.2, 0.25) is 0 Å². The topological polar surface area (TPSA) is 84.4 Å². The van der Waals surface area contributed by atoms with Gasteiger partial charge < -0.3 is 15.0 Å². The van der Waals surface area contributed by atoms with Gasteiger partial charge in [0.2, 0.25) is 11.8 Å². The third kappa shape index (κ3) is 5.16. The molecule has 3 heterocycles. The summed E-state index contributed by atoms with van der Waals surface area (Å²) in [5.74, 6) is 0.375. The molecular formula is C23H22F2N4O3. The summed E-state index contributed by atoms with van der Waals surface area (Å²) in [6.07, 6.45) is 0.833. The minimum atomic E-state index is -2.58. The van der Waals surface area contributed by atoms with Gasteiger partial charge in [0.05, 0.1) is 5.52 Å². The van der Waals surface area contributed by atoms with Gasteiger partial charge in [-0.2, -0.15) is 0 Å². The molecule has 32 heavy (non-hydrogen) atoms. The van der Waals surface area contributed by atoms with Crippen LogP contribution in [-0.4, -0.2) is 46.3 Å². The van der Waals surface area contributed by atoms with E-state index in [-0.39, 0.29) is 41.9 Å². The summed E-state index contributed by atoms with van der Waals surface area (Å²) >= 11 is 0. The summed E-state index contributed by atoms with van der Waals surface area (Å²) in [5, 5.41) is 3.48. The molecule has 0 unspecified atom stereocenters. The highest BCUT2D eigenvalue weighted by molar-refractivity contribution is 5.95. The van der Waals surface area contributed by atoms with E-state index in [4.69, 9.17) is 4.74 Å². The molecule has 2 aromatic heterocycles. The molecule has 7 nitrogen and oxygen atoms in total. The molecule has 3 aromatic rings. The highest BCUT2D eigenvalue weighted by Crippen LogP contribution is 2.25. The van der Waals surface area contributed by atoms with Gasteiger partial charge in [0.15, 0.2) is 0 Å². The zero-order valence-electron chi connectivity index (χ0n) is 17.3. The zero-order valence-corrected chi connectivity index (χ0v) is 17.3. The maximum atomic E-state index is 12.6. The van der Waals surface area contributed by atoms with Crippen molar-refractivity contribution in [3.8, 4) is 11.6 Å². The van der Waals surface area contributed by atoms with Crippen molar-refractivity contribution in [2.24, 2.45) is 0 Å². The average molecular weight is 440 g/mol. The molecule has 1 N–H and O–H groups in total. The van der Waals surface area contributed by atoms with Gasteiger partial charge in [0.1, 0.15) is 11.4 Å². The first-order valence-corrected chi connectivity index (χ1v) is 10.4. The van der Waals surface area contributed by atoms with Crippen molar-refractivity contribution in [2.45, 2.75) is 25.7 Å². The molecule has 0 atom stereocenters. The smallest absolute Gasteiger partial charge is 0.269 e. The Morgan fingerprint density at radius 2 is 1.91 bits per heavy atom. The van der Waals surface area contributed by atoms with Crippen molar-refractivity contribution in [1.29, 1.82) is 0 Å². The van der Waals surface area contributed by atoms with Crippen LogP contribution >= 0.6 is 0 Å². The van der Waals surface area contributed by atoms with Crippen LogP contribution in [0.15, 0.2) is 48.7 Å². The highest BCUT2D eigenvalue weighted by Gasteiger charge is 2.18. The Balaban J connectivity index is 1.36. The molecule has 0 radical (unpaired) electrons. The van der Waals surface area contributed by atoms with Gasteiger partial charge in [0.25, 0.3) is 12.3 Å². The second-order valence-electron chi connectivity index (χ2n) is 7.48. The molecule has 1 aliphatic rings. The molecule has 1 aromatic carbocycles. The number of benzene rings is 1. The second-order valence-corrected chi connectivity index (χ2v) is 7.48. The van der Waals surface area contributed by atoms with E-state index in [0.29, 0.717) is 11.3 Å². The minimum absolute atomic E-state index is 0.0557. The van der Waals surface area contributed by atoms with Crippen LogP contribution in [-0.2, 0) is 4.79 Å². The number of carbonyl (C=O) groups is 2. The van der Waals surface area contributed by atoms with E-state index in [1.54, 1.807) is 30.3 Å². The predicted octanol–water partition coefficient (Wildman–Crippen LogP) is 4.10. The Hall–Kier alpha value is -3.62. The fourth-order valence-electron chi connectivity index (χ4n) is 3.49. The van der Waals surface area contributed by atoms with Gasteiger partial charge >= 0.3 is 0 Å². The number of pyridine rings is 2. The van der Waals surface area contributed by atoms with Crippen LogP contribution in [0.25, 0.3) is 10.9 Å². The van der Waals surface area contributed by atoms with Crippen molar-refractivity contribution in [3.63, 3.8) is 0 Å². The summed E-state index contributed by atoms with van der Waals surface area (Å²) in [6.45, 7) is 1.85. The number of rotatable bonds is 7. The van der Waals surface area contributed by atoms with Crippen LogP contribution in [0, 0.1) is 0 Å². The molecule has 1 aliphatic heterocycles. The van der Waals surface area contributed by atoms with E-state index in [9.17, 15) is 18.4 Å².